The number of sulfone groups is 1. The van der Waals surface area contributed by atoms with Crippen molar-refractivity contribution in [3.8, 4) is 0 Å². The summed E-state index contributed by atoms with van der Waals surface area (Å²) in [6, 6.07) is 8.57. The lowest BCUT2D eigenvalue weighted by Crippen LogP contribution is -2.41. The lowest BCUT2D eigenvalue weighted by atomic mass is 10.2. The average Bonchev–Trinajstić information content (AvgIpc) is 2.71. The molecule has 0 N–H and O–H groups in total. The molecule has 19 heavy (non-hydrogen) atoms. The number of carbonyl (C=O) groups excluding carboxylic acids is 1. The van der Waals surface area contributed by atoms with Crippen molar-refractivity contribution in [3.05, 3.63) is 41.8 Å². The molecular formula is C13H14ClNO3S. The van der Waals surface area contributed by atoms with Gasteiger partial charge >= 0.3 is 0 Å². The largest absolute Gasteiger partial charge is 0.304 e. The Balaban J connectivity index is 2.31. The third-order valence-corrected chi connectivity index (χ3v) is 4.42. The third-order valence-electron chi connectivity index (χ3n) is 2.85. The summed E-state index contributed by atoms with van der Waals surface area (Å²) < 4.78 is 23.0. The molecule has 0 aliphatic carbocycles. The summed E-state index contributed by atoms with van der Waals surface area (Å²) in [4.78, 5) is 13.7. The van der Waals surface area contributed by atoms with Gasteiger partial charge in [0.15, 0.2) is 9.84 Å². The van der Waals surface area contributed by atoms with E-state index in [1.807, 2.05) is 18.2 Å². The molecule has 4 nitrogen and oxygen atoms in total. The van der Waals surface area contributed by atoms with Gasteiger partial charge in [-0.2, -0.15) is 0 Å². The second-order valence-electron chi connectivity index (χ2n) is 4.26. The maximum atomic E-state index is 12.2. The number of hydrogen-bond donors (Lipinski definition) is 0. The summed E-state index contributed by atoms with van der Waals surface area (Å²) in [5.41, 5.74) is 0.685. The highest BCUT2D eigenvalue weighted by Crippen LogP contribution is 2.23. The number of para-hydroxylation sites is 1. The van der Waals surface area contributed by atoms with Gasteiger partial charge in [0.25, 0.3) is 0 Å². The molecule has 1 aromatic rings. The number of hydrogen-bond acceptors (Lipinski definition) is 3. The van der Waals surface area contributed by atoms with Gasteiger partial charge in [-0.3, -0.25) is 4.79 Å². The Morgan fingerprint density at radius 3 is 2.53 bits per heavy atom. The smallest absolute Gasteiger partial charge is 0.228 e. The first-order chi connectivity index (χ1) is 9.03. The van der Waals surface area contributed by atoms with E-state index in [4.69, 9.17) is 11.6 Å². The van der Waals surface area contributed by atoms with Gasteiger partial charge in [0, 0.05) is 23.4 Å². The van der Waals surface area contributed by atoms with Crippen LogP contribution in [0.2, 0.25) is 0 Å². The van der Waals surface area contributed by atoms with Crippen LogP contribution in [-0.2, 0) is 14.6 Å². The summed E-state index contributed by atoms with van der Waals surface area (Å²) >= 11 is 5.61. The first-order valence-corrected chi connectivity index (χ1v) is 8.12. The molecule has 1 heterocycles. The van der Waals surface area contributed by atoms with Crippen molar-refractivity contribution in [3.63, 3.8) is 0 Å². The van der Waals surface area contributed by atoms with E-state index in [1.54, 1.807) is 18.2 Å². The molecular weight excluding hydrogens is 286 g/mol. The molecule has 1 atom stereocenters. The van der Waals surface area contributed by atoms with Gasteiger partial charge in [0.1, 0.15) is 0 Å². The van der Waals surface area contributed by atoms with Gasteiger partial charge in [-0.15, -0.1) is 11.6 Å². The Bertz CT molecular complexity index is 583. The molecule has 1 aliphatic heterocycles. The number of alkyl halides is 1. The van der Waals surface area contributed by atoms with Crippen molar-refractivity contribution in [2.75, 3.05) is 16.5 Å². The van der Waals surface area contributed by atoms with E-state index >= 15 is 0 Å². The van der Waals surface area contributed by atoms with E-state index in [1.165, 1.54) is 10.3 Å². The van der Waals surface area contributed by atoms with E-state index in [0.29, 0.717) is 5.69 Å². The topological polar surface area (TPSA) is 54.5 Å². The van der Waals surface area contributed by atoms with Gasteiger partial charge in [-0.1, -0.05) is 18.2 Å². The number of carbonyl (C=O) groups is 1. The zero-order chi connectivity index (χ0) is 13.9. The van der Waals surface area contributed by atoms with Gasteiger partial charge in [0.2, 0.25) is 5.91 Å². The van der Waals surface area contributed by atoms with Crippen LogP contribution >= 0.6 is 11.6 Å². The quantitative estimate of drug-likeness (QED) is 0.799. The molecule has 2 rings (SSSR count). The van der Waals surface area contributed by atoms with Crippen LogP contribution in [0.5, 0.6) is 0 Å². The SMILES string of the molecule is O=C(CCCl)N(c1ccccc1)[C@H]1C=CS(=O)(=O)C1. The monoisotopic (exact) mass is 299 g/mol. The minimum Gasteiger partial charge on any atom is -0.304 e. The highest BCUT2D eigenvalue weighted by atomic mass is 35.5. The molecule has 1 aliphatic rings. The number of rotatable bonds is 4. The molecule has 0 spiro atoms. The highest BCUT2D eigenvalue weighted by molar-refractivity contribution is 7.94. The van der Waals surface area contributed by atoms with E-state index in [2.05, 4.69) is 0 Å². The fourth-order valence-electron chi connectivity index (χ4n) is 2.03. The Hall–Kier alpha value is -1.33. The molecule has 6 heteroatoms. The van der Waals surface area contributed by atoms with Gasteiger partial charge in [0.05, 0.1) is 11.8 Å². The molecule has 102 valence electrons. The summed E-state index contributed by atoms with van der Waals surface area (Å²) in [6.45, 7) is 0. The molecule has 0 radical (unpaired) electrons. The van der Waals surface area contributed by atoms with Crippen LogP contribution in [0.3, 0.4) is 0 Å². The molecule has 1 aromatic carbocycles. The van der Waals surface area contributed by atoms with Crippen molar-refractivity contribution >= 4 is 33.0 Å². The molecule has 0 saturated carbocycles. The lowest BCUT2D eigenvalue weighted by Gasteiger charge is -2.27. The first-order valence-electron chi connectivity index (χ1n) is 5.87. The fraction of sp³-hybridized carbons (Fsp3) is 0.308. The predicted molar refractivity (Wildman–Crippen MR) is 76.0 cm³/mol. The minimum atomic E-state index is -3.20. The fourth-order valence-corrected chi connectivity index (χ4v) is 3.46. The van der Waals surface area contributed by atoms with Crippen LogP contribution < -0.4 is 4.90 Å². The second kappa shape index (κ2) is 5.75. The van der Waals surface area contributed by atoms with Gasteiger partial charge in [-0.05, 0) is 18.2 Å². The van der Waals surface area contributed by atoms with E-state index in [0.717, 1.165) is 0 Å². The lowest BCUT2D eigenvalue weighted by molar-refractivity contribution is -0.118. The Morgan fingerprint density at radius 2 is 2.00 bits per heavy atom. The number of amides is 1. The number of nitrogens with zero attached hydrogens (tertiary/aromatic N) is 1. The number of halogens is 1. The van der Waals surface area contributed by atoms with Crippen molar-refractivity contribution in [2.24, 2.45) is 0 Å². The maximum absolute atomic E-state index is 12.2. The van der Waals surface area contributed by atoms with Crippen LogP contribution in [0.1, 0.15) is 6.42 Å². The minimum absolute atomic E-state index is 0.0735. The standard InChI is InChI=1S/C13H14ClNO3S/c14-8-6-13(16)15(11-4-2-1-3-5-11)12-7-9-19(17,18)10-12/h1-5,7,9,12H,6,8,10H2/t12-/m0/s1. The Kier molecular flexibility index (Phi) is 4.27. The predicted octanol–water partition coefficient (Wildman–Crippen LogP) is 1.96. The second-order valence-corrected chi connectivity index (χ2v) is 6.57. The van der Waals surface area contributed by atoms with Crippen LogP contribution in [-0.4, -0.2) is 32.0 Å². The van der Waals surface area contributed by atoms with Crippen molar-refractivity contribution < 1.29 is 13.2 Å². The molecule has 0 bridgehead atoms. The highest BCUT2D eigenvalue weighted by Gasteiger charge is 2.30. The Morgan fingerprint density at radius 1 is 1.32 bits per heavy atom. The molecule has 0 aromatic heterocycles. The first kappa shape index (κ1) is 14.1. The summed E-state index contributed by atoms with van der Waals surface area (Å²) in [6.07, 6.45) is 1.73. The Labute approximate surface area is 117 Å². The normalized spacial score (nSPS) is 20.4. The molecule has 1 amide bonds. The van der Waals surface area contributed by atoms with E-state index in [9.17, 15) is 13.2 Å². The maximum Gasteiger partial charge on any atom is 0.228 e. The van der Waals surface area contributed by atoms with Crippen LogP contribution in [0.15, 0.2) is 41.8 Å². The zero-order valence-corrected chi connectivity index (χ0v) is 11.8. The number of benzene rings is 1. The van der Waals surface area contributed by atoms with Crippen molar-refractivity contribution in [2.45, 2.75) is 12.5 Å². The molecule has 0 saturated heterocycles. The van der Waals surface area contributed by atoms with Crippen LogP contribution in [0.4, 0.5) is 5.69 Å². The van der Waals surface area contributed by atoms with Crippen LogP contribution in [0, 0.1) is 0 Å². The summed E-state index contributed by atoms with van der Waals surface area (Å²) in [7, 11) is -3.20. The van der Waals surface area contributed by atoms with E-state index < -0.39 is 15.9 Å². The molecule has 0 fully saturated rings. The van der Waals surface area contributed by atoms with Crippen molar-refractivity contribution in [1.82, 2.24) is 0 Å². The van der Waals surface area contributed by atoms with Crippen molar-refractivity contribution in [1.29, 1.82) is 0 Å². The zero-order valence-electron chi connectivity index (χ0n) is 10.2. The van der Waals surface area contributed by atoms with E-state index in [-0.39, 0.29) is 24.0 Å². The van der Waals surface area contributed by atoms with Gasteiger partial charge in [-0.25, -0.2) is 8.42 Å². The number of anilines is 1. The molecule has 0 unspecified atom stereocenters. The average molecular weight is 300 g/mol. The summed E-state index contributed by atoms with van der Waals surface area (Å²) in [5.74, 6) is -0.0330. The summed E-state index contributed by atoms with van der Waals surface area (Å²) in [5, 5.41) is 1.17. The van der Waals surface area contributed by atoms with Crippen LogP contribution in [0.25, 0.3) is 0 Å². The van der Waals surface area contributed by atoms with Gasteiger partial charge < -0.3 is 4.90 Å². The third kappa shape index (κ3) is 3.36.